The Hall–Kier alpha value is -1.69. The molecule has 7 heteroatoms. The van der Waals surface area contributed by atoms with Crippen molar-refractivity contribution < 1.29 is 9.59 Å². The number of hydrogen-bond donors (Lipinski definition) is 1. The number of benzene rings is 2. The largest absolute Gasteiger partial charge is 0.354 e. The minimum absolute atomic E-state index is 0.126. The number of carbonyl (C=O) groups is 2. The van der Waals surface area contributed by atoms with Crippen LogP contribution in [0.15, 0.2) is 47.4 Å². The van der Waals surface area contributed by atoms with E-state index in [0.29, 0.717) is 28.6 Å². The number of unbranched alkanes of at least 4 members (excludes halogenated alkanes) is 1. The number of hydrogen-bond acceptors (Lipinski definition) is 3. The summed E-state index contributed by atoms with van der Waals surface area (Å²) in [6.45, 7) is 6.79. The van der Waals surface area contributed by atoms with Gasteiger partial charge in [-0.1, -0.05) is 67.2 Å². The van der Waals surface area contributed by atoms with E-state index in [1.54, 1.807) is 23.1 Å². The molecule has 0 radical (unpaired) electrons. The van der Waals surface area contributed by atoms with Gasteiger partial charge < -0.3 is 10.2 Å². The van der Waals surface area contributed by atoms with Gasteiger partial charge in [-0.05, 0) is 44.0 Å². The smallest absolute Gasteiger partial charge is 0.242 e. The van der Waals surface area contributed by atoms with Gasteiger partial charge in [0.05, 0.1) is 5.75 Å². The van der Waals surface area contributed by atoms with E-state index in [0.717, 1.165) is 17.7 Å². The summed E-state index contributed by atoms with van der Waals surface area (Å²) in [5.41, 5.74) is 1.82. The molecule has 2 rings (SSSR count). The molecular formula is C24H30Cl2N2O2S. The third kappa shape index (κ3) is 7.74. The highest BCUT2D eigenvalue weighted by Gasteiger charge is 2.29. The van der Waals surface area contributed by atoms with Gasteiger partial charge in [-0.15, -0.1) is 11.8 Å². The molecule has 2 amide bonds. The first-order valence-corrected chi connectivity index (χ1v) is 12.3. The van der Waals surface area contributed by atoms with Gasteiger partial charge >= 0.3 is 0 Å². The van der Waals surface area contributed by atoms with E-state index >= 15 is 0 Å². The Morgan fingerprint density at radius 3 is 2.29 bits per heavy atom. The van der Waals surface area contributed by atoms with Gasteiger partial charge in [0, 0.05) is 33.6 Å². The van der Waals surface area contributed by atoms with E-state index in [1.165, 1.54) is 17.3 Å². The molecule has 0 aromatic heterocycles. The number of carbonyl (C=O) groups excluding carboxylic acids is 2. The molecule has 0 bridgehead atoms. The Bertz CT molecular complexity index is 854. The van der Waals surface area contributed by atoms with E-state index in [9.17, 15) is 9.59 Å². The number of thioether (sulfide) groups is 1. The molecule has 1 unspecified atom stereocenters. The lowest BCUT2D eigenvalue weighted by Gasteiger charge is -2.31. The first kappa shape index (κ1) is 25.6. The zero-order chi connectivity index (χ0) is 22.8. The van der Waals surface area contributed by atoms with Crippen LogP contribution in [0.25, 0.3) is 0 Å². The molecule has 0 aliphatic carbocycles. The number of nitrogens with one attached hydrogen (secondary N) is 1. The highest BCUT2D eigenvalue weighted by atomic mass is 35.5. The van der Waals surface area contributed by atoms with Gasteiger partial charge in [-0.25, -0.2) is 0 Å². The molecule has 4 nitrogen and oxygen atoms in total. The molecular weight excluding hydrogens is 451 g/mol. The van der Waals surface area contributed by atoms with Crippen molar-refractivity contribution in [2.75, 3.05) is 12.3 Å². The van der Waals surface area contributed by atoms with Gasteiger partial charge in [0.25, 0.3) is 0 Å². The molecule has 0 heterocycles. The van der Waals surface area contributed by atoms with Gasteiger partial charge in [-0.3, -0.25) is 9.59 Å². The molecule has 31 heavy (non-hydrogen) atoms. The highest BCUT2D eigenvalue weighted by molar-refractivity contribution is 8.00. The SMILES string of the molecule is CCCCNC(=O)C(CC)N(Cc1c(Cl)cccc1Cl)C(=O)CSc1ccc(C)cc1. The molecule has 0 saturated carbocycles. The third-order valence-corrected chi connectivity index (χ3v) is 6.69. The second kappa shape index (κ2) is 13.0. The van der Waals surface area contributed by atoms with Crippen LogP contribution in [0.4, 0.5) is 0 Å². The van der Waals surface area contributed by atoms with Gasteiger partial charge in [-0.2, -0.15) is 0 Å². The second-order valence-electron chi connectivity index (χ2n) is 7.39. The van der Waals surface area contributed by atoms with Crippen molar-refractivity contribution in [3.63, 3.8) is 0 Å². The fourth-order valence-corrected chi connectivity index (χ4v) is 4.44. The molecule has 0 aliphatic rings. The van der Waals surface area contributed by atoms with Crippen molar-refractivity contribution in [3.8, 4) is 0 Å². The normalized spacial score (nSPS) is 11.8. The van der Waals surface area contributed by atoms with Crippen LogP contribution < -0.4 is 5.32 Å². The summed E-state index contributed by atoms with van der Waals surface area (Å²) in [5.74, 6) is -0.0454. The molecule has 2 aromatic carbocycles. The summed E-state index contributed by atoms with van der Waals surface area (Å²) in [5, 5.41) is 3.93. The molecule has 168 valence electrons. The Morgan fingerprint density at radius 2 is 1.71 bits per heavy atom. The fraction of sp³-hybridized carbons (Fsp3) is 0.417. The number of rotatable bonds is 11. The summed E-state index contributed by atoms with van der Waals surface area (Å²) in [4.78, 5) is 28.8. The van der Waals surface area contributed by atoms with Crippen molar-refractivity contribution >= 4 is 46.8 Å². The topological polar surface area (TPSA) is 49.4 Å². The molecule has 1 atom stereocenters. The van der Waals surface area contributed by atoms with Crippen LogP contribution in [-0.2, 0) is 16.1 Å². The summed E-state index contributed by atoms with van der Waals surface area (Å²) in [7, 11) is 0. The van der Waals surface area contributed by atoms with Crippen molar-refractivity contribution in [3.05, 3.63) is 63.6 Å². The average Bonchev–Trinajstić information content (AvgIpc) is 2.75. The fourth-order valence-electron chi connectivity index (χ4n) is 3.14. The second-order valence-corrected chi connectivity index (χ2v) is 9.26. The van der Waals surface area contributed by atoms with Crippen LogP contribution in [0, 0.1) is 6.92 Å². The predicted octanol–water partition coefficient (Wildman–Crippen LogP) is 6.12. The van der Waals surface area contributed by atoms with Crippen molar-refractivity contribution in [1.29, 1.82) is 0 Å². The Labute approximate surface area is 199 Å². The lowest BCUT2D eigenvalue weighted by atomic mass is 10.1. The van der Waals surface area contributed by atoms with E-state index in [1.807, 2.05) is 38.1 Å². The maximum Gasteiger partial charge on any atom is 0.242 e. The van der Waals surface area contributed by atoms with Crippen LogP contribution in [-0.4, -0.2) is 35.1 Å². The first-order valence-electron chi connectivity index (χ1n) is 10.6. The summed E-state index contributed by atoms with van der Waals surface area (Å²) in [6.07, 6.45) is 2.39. The molecule has 1 N–H and O–H groups in total. The number of amides is 2. The Balaban J connectivity index is 2.23. The van der Waals surface area contributed by atoms with Crippen molar-refractivity contribution in [2.45, 2.75) is 57.5 Å². The highest BCUT2D eigenvalue weighted by Crippen LogP contribution is 2.28. The standard InChI is InChI=1S/C24H30Cl2N2O2S/c1-4-6-14-27-24(30)22(5-2)28(15-19-20(25)8-7-9-21(19)26)23(29)16-31-18-12-10-17(3)11-13-18/h7-13,22H,4-6,14-16H2,1-3H3,(H,27,30). The molecule has 0 spiro atoms. The monoisotopic (exact) mass is 480 g/mol. The third-order valence-electron chi connectivity index (χ3n) is 4.99. The van der Waals surface area contributed by atoms with Crippen molar-refractivity contribution in [1.82, 2.24) is 10.2 Å². The van der Waals surface area contributed by atoms with Crippen LogP contribution in [0.5, 0.6) is 0 Å². The Morgan fingerprint density at radius 1 is 1.06 bits per heavy atom. The van der Waals surface area contributed by atoms with Gasteiger partial charge in [0.2, 0.25) is 11.8 Å². The molecule has 2 aromatic rings. The lowest BCUT2D eigenvalue weighted by molar-refractivity contribution is -0.139. The number of aryl methyl sites for hydroxylation is 1. The number of nitrogens with zero attached hydrogens (tertiary/aromatic N) is 1. The van der Waals surface area contributed by atoms with Crippen LogP contribution in [0.2, 0.25) is 10.0 Å². The van der Waals surface area contributed by atoms with Crippen LogP contribution in [0.3, 0.4) is 0 Å². The quantitative estimate of drug-likeness (QED) is 0.311. The molecule has 0 saturated heterocycles. The summed E-state index contributed by atoms with van der Waals surface area (Å²) < 4.78 is 0. The summed E-state index contributed by atoms with van der Waals surface area (Å²) >= 11 is 14.2. The van der Waals surface area contributed by atoms with Crippen LogP contribution in [0.1, 0.15) is 44.2 Å². The maximum atomic E-state index is 13.3. The predicted molar refractivity (Wildman–Crippen MR) is 131 cm³/mol. The van der Waals surface area contributed by atoms with E-state index in [-0.39, 0.29) is 24.1 Å². The zero-order valence-electron chi connectivity index (χ0n) is 18.3. The zero-order valence-corrected chi connectivity index (χ0v) is 20.6. The Kier molecular flexibility index (Phi) is 10.7. The minimum Gasteiger partial charge on any atom is -0.354 e. The van der Waals surface area contributed by atoms with E-state index < -0.39 is 6.04 Å². The lowest BCUT2D eigenvalue weighted by Crippen LogP contribution is -2.49. The molecule has 0 fully saturated rings. The number of halogens is 2. The van der Waals surface area contributed by atoms with Crippen LogP contribution >= 0.6 is 35.0 Å². The van der Waals surface area contributed by atoms with Crippen molar-refractivity contribution in [2.24, 2.45) is 0 Å². The molecule has 0 aliphatic heterocycles. The van der Waals surface area contributed by atoms with Gasteiger partial charge in [0.15, 0.2) is 0 Å². The maximum absolute atomic E-state index is 13.3. The van der Waals surface area contributed by atoms with E-state index in [4.69, 9.17) is 23.2 Å². The summed E-state index contributed by atoms with van der Waals surface area (Å²) in [6, 6.07) is 12.7. The minimum atomic E-state index is -0.588. The first-order chi connectivity index (χ1) is 14.9. The average molecular weight is 481 g/mol. The van der Waals surface area contributed by atoms with E-state index in [2.05, 4.69) is 12.2 Å². The van der Waals surface area contributed by atoms with Gasteiger partial charge in [0.1, 0.15) is 6.04 Å².